The zero-order valence-electron chi connectivity index (χ0n) is 9.36. The lowest BCUT2D eigenvalue weighted by Gasteiger charge is -2.26. The first-order chi connectivity index (χ1) is 7.75. The fraction of sp³-hybridized carbons (Fsp3) is 0.583. The number of aromatic nitrogens is 1. The lowest BCUT2D eigenvalue weighted by molar-refractivity contribution is -0.0871. The summed E-state index contributed by atoms with van der Waals surface area (Å²) in [5.41, 5.74) is 2.27. The van der Waals surface area contributed by atoms with Crippen LogP contribution in [0, 0.1) is 6.92 Å². The average Bonchev–Trinajstić information content (AvgIpc) is 2.33. The molecular formula is C12H16BrNO2. The monoisotopic (exact) mass is 285 g/mol. The second-order valence-electron chi connectivity index (χ2n) is 4.03. The van der Waals surface area contributed by atoms with E-state index in [9.17, 15) is 0 Å². The molecule has 0 N–H and O–H groups in total. The molecule has 4 heteroatoms. The van der Waals surface area contributed by atoms with Gasteiger partial charge in [0.2, 0.25) is 0 Å². The summed E-state index contributed by atoms with van der Waals surface area (Å²) in [6.07, 6.45) is 2.90. The Labute approximate surface area is 104 Å². The van der Waals surface area contributed by atoms with Crippen LogP contribution in [0.4, 0.5) is 0 Å². The number of halogens is 1. The van der Waals surface area contributed by atoms with Crippen molar-refractivity contribution in [2.45, 2.75) is 24.3 Å². The summed E-state index contributed by atoms with van der Waals surface area (Å²) in [7, 11) is 0. The van der Waals surface area contributed by atoms with Gasteiger partial charge in [0.15, 0.2) is 0 Å². The van der Waals surface area contributed by atoms with Crippen molar-refractivity contribution >= 4 is 15.9 Å². The van der Waals surface area contributed by atoms with Crippen molar-refractivity contribution in [3.63, 3.8) is 0 Å². The van der Waals surface area contributed by atoms with E-state index in [0.29, 0.717) is 19.8 Å². The van der Waals surface area contributed by atoms with Crippen LogP contribution in [0.25, 0.3) is 0 Å². The SMILES string of the molecule is Cc1ccc(CC(Br)C2COCCO2)nc1. The van der Waals surface area contributed by atoms with Gasteiger partial charge in [-0.3, -0.25) is 4.98 Å². The number of ether oxygens (including phenoxy) is 2. The summed E-state index contributed by atoms with van der Waals surface area (Å²) in [5, 5.41) is 0. The smallest absolute Gasteiger partial charge is 0.0938 e. The molecule has 1 aliphatic heterocycles. The fourth-order valence-corrected chi connectivity index (χ4v) is 2.30. The molecule has 16 heavy (non-hydrogen) atoms. The lowest BCUT2D eigenvalue weighted by atomic mass is 10.1. The van der Waals surface area contributed by atoms with Gasteiger partial charge >= 0.3 is 0 Å². The molecule has 0 aliphatic carbocycles. The number of aryl methyl sites for hydroxylation is 1. The Kier molecular flexibility index (Phi) is 4.32. The number of nitrogens with zero attached hydrogens (tertiary/aromatic N) is 1. The van der Waals surface area contributed by atoms with Gasteiger partial charge in [-0.1, -0.05) is 22.0 Å². The van der Waals surface area contributed by atoms with Crippen molar-refractivity contribution in [3.05, 3.63) is 29.6 Å². The van der Waals surface area contributed by atoms with E-state index < -0.39 is 0 Å². The number of hydrogen-bond donors (Lipinski definition) is 0. The van der Waals surface area contributed by atoms with Crippen molar-refractivity contribution in [1.82, 2.24) is 4.98 Å². The van der Waals surface area contributed by atoms with Crippen LogP contribution in [0.15, 0.2) is 18.3 Å². The summed E-state index contributed by atoms with van der Waals surface area (Å²) < 4.78 is 11.0. The minimum absolute atomic E-state index is 0.136. The van der Waals surface area contributed by atoms with E-state index in [0.717, 1.165) is 12.1 Å². The quantitative estimate of drug-likeness (QED) is 0.798. The molecule has 1 fully saturated rings. The Morgan fingerprint density at radius 1 is 1.50 bits per heavy atom. The summed E-state index contributed by atoms with van der Waals surface area (Å²) in [6.45, 7) is 4.11. The van der Waals surface area contributed by atoms with Crippen LogP contribution in [-0.4, -0.2) is 35.7 Å². The van der Waals surface area contributed by atoms with Crippen LogP contribution < -0.4 is 0 Å². The van der Waals surface area contributed by atoms with Crippen molar-refractivity contribution in [3.8, 4) is 0 Å². The maximum absolute atomic E-state index is 5.64. The van der Waals surface area contributed by atoms with Crippen molar-refractivity contribution in [2.24, 2.45) is 0 Å². The van der Waals surface area contributed by atoms with Crippen molar-refractivity contribution < 1.29 is 9.47 Å². The zero-order chi connectivity index (χ0) is 11.4. The second-order valence-corrected chi connectivity index (χ2v) is 5.21. The topological polar surface area (TPSA) is 31.4 Å². The third kappa shape index (κ3) is 3.27. The fourth-order valence-electron chi connectivity index (χ4n) is 1.67. The van der Waals surface area contributed by atoms with Gasteiger partial charge in [-0.25, -0.2) is 0 Å². The predicted octanol–water partition coefficient (Wildman–Crippen LogP) is 2.11. The Morgan fingerprint density at radius 3 is 3.00 bits per heavy atom. The molecular weight excluding hydrogens is 270 g/mol. The molecule has 1 aromatic heterocycles. The van der Waals surface area contributed by atoms with Gasteiger partial charge < -0.3 is 9.47 Å². The highest BCUT2D eigenvalue weighted by Crippen LogP contribution is 2.17. The first-order valence-electron chi connectivity index (χ1n) is 5.50. The first-order valence-corrected chi connectivity index (χ1v) is 6.42. The van der Waals surface area contributed by atoms with Crippen LogP contribution in [0.2, 0.25) is 0 Å². The van der Waals surface area contributed by atoms with E-state index in [-0.39, 0.29) is 10.9 Å². The maximum atomic E-state index is 5.64. The molecule has 0 saturated carbocycles. The molecule has 1 aromatic rings. The lowest BCUT2D eigenvalue weighted by Crippen LogP contribution is -2.36. The molecule has 2 atom stereocenters. The number of pyridine rings is 1. The first kappa shape index (κ1) is 12.0. The number of alkyl halides is 1. The molecule has 2 unspecified atom stereocenters. The molecule has 0 radical (unpaired) electrons. The highest BCUT2D eigenvalue weighted by Gasteiger charge is 2.23. The van der Waals surface area contributed by atoms with E-state index in [1.165, 1.54) is 5.56 Å². The Morgan fingerprint density at radius 2 is 2.38 bits per heavy atom. The molecule has 0 aromatic carbocycles. The minimum Gasteiger partial charge on any atom is -0.376 e. The van der Waals surface area contributed by atoms with Gasteiger partial charge in [0.25, 0.3) is 0 Å². The van der Waals surface area contributed by atoms with Crippen molar-refractivity contribution in [2.75, 3.05) is 19.8 Å². The normalized spacial score (nSPS) is 23.0. The third-order valence-corrected chi connectivity index (χ3v) is 3.54. The predicted molar refractivity (Wildman–Crippen MR) is 66.0 cm³/mol. The Bertz CT molecular complexity index is 322. The van der Waals surface area contributed by atoms with E-state index >= 15 is 0 Å². The molecule has 0 spiro atoms. The number of rotatable bonds is 3. The third-order valence-electron chi connectivity index (χ3n) is 2.62. The van der Waals surface area contributed by atoms with E-state index in [1.807, 2.05) is 13.1 Å². The summed E-state index contributed by atoms with van der Waals surface area (Å²) >= 11 is 3.65. The summed E-state index contributed by atoms with van der Waals surface area (Å²) in [4.78, 5) is 4.65. The van der Waals surface area contributed by atoms with Crippen LogP contribution >= 0.6 is 15.9 Å². The van der Waals surface area contributed by atoms with Gasteiger partial charge in [-0.2, -0.15) is 0 Å². The van der Waals surface area contributed by atoms with E-state index in [1.54, 1.807) is 0 Å². The minimum atomic E-state index is 0.136. The second kappa shape index (κ2) is 5.75. The molecule has 1 aliphatic rings. The van der Waals surface area contributed by atoms with Gasteiger partial charge in [0, 0.05) is 23.1 Å². The molecule has 0 bridgehead atoms. The largest absolute Gasteiger partial charge is 0.376 e. The zero-order valence-corrected chi connectivity index (χ0v) is 10.9. The maximum Gasteiger partial charge on any atom is 0.0938 e. The van der Waals surface area contributed by atoms with Gasteiger partial charge in [0.1, 0.15) is 0 Å². The highest BCUT2D eigenvalue weighted by atomic mass is 79.9. The van der Waals surface area contributed by atoms with Gasteiger partial charge in [0.05, 0.1) is 25.9 Å². The van der Waals surface area contributed by atoms with Crippen LogP contribution in [0.1, 0.15) is 11.3 Å². The summed E-state index contributed by atoms with van der Waals surface area (Å²) in [6, 6.07) is 4.15. The van der Waals surface area contributed by atoms with Crippen LogP contribution in [0.5, 0.6) is 0 Å². The molecule has 2 heterocycles. The Hall–Kier alpha value is -0.450. The summed E-state index contributed by atoms with van der Waals surface area (Å²) in [5.74, 6) is 0. The Balaban J connectivity index is 1.90. The molecule has 3 nitrogen and oxygen atoms in total. The van der Waals surface area contributed by atoms with Gasteiger partial charge in [-0.15, -0.1) is 0 Å². The van der Waals surface area contributed by atoms with Gasteiger partial charge in [-0.05, 0) is 18.6 Å². The molecule has 1 saturated heterocycles. The van der Waals surface area contributed by atoms with E-state index in [2.05, 4.69) is 33.0 Å². The molecule has 2 rings (SSSR count). The van der Waals surface area contributed by atoms with Crippen LogP contribution in [-0.2, 0) is 15.9 Å². The standard InChI is InChI=1S/C12H16BrNO2/c1-9-2-3-10(14-7-9)6-11(13)12-8-15-4-5-16-12/h2-3,7,11-12H,4-6,8H2,1H3. The van der Waals surface area contributed by atoms with E-state index in [4.69, 9.17) is 9.47 Å². The molecule has 0 amide bonds. The van der Waals surface area contributed by atoms with Crippen molar-refractivity contribution in [1.29, 1.82) is 0 Å². The highest BCUT2D eigenvalue weighted by molar-refractivity contribution is 9.09. The van der Waals surface area contributed by atoms with Crippen LogP contribution in [0.3, 0.4) is 0 Å². The number of hydrogen-bond acceptors (Lipinski definition) is 3. The average molecular weight is 286 g/mol. The molecule has 88 valence electrons.